The van der Waals surface area contributed by atoms with Crippen LogP contribution in [0.5, 0.6) is 0 Å². The Morgan fingerprint density at radius 2 is 1.88 bits per heavy atom. The fraction of sp³-hybridized carbons (Fsp3) is 0.474. The molecule has 2 aromatic rings. The largest absolute Gasteiger partial charge is 0.354 e. The predicted molar refractivity (Wildman–Crippen MR) is 123 cm³/mol. The zero-order valence-electron chi connectivity index (χ0n) is 16.0. The van der Waals surface area contributed by atoms with Gasteiger partial charge >= 0.3 is 0 Å². The number of rotatable bonds is 8. The molecule has 1 aromatic heterocycles. The molecule has 2 N–H and O–H groups in total. The van der Waals surface area contributed by atoms with Crippen molar-refractivity contribution in [2.24, 2.45) is 4.99 Å². The van der Waals surface area contributed by atoms with Crippen LogP contribution in [0.1, 0.15) is 35.3 Å². The number of nitrogens with zero attached hydrogens (tertiary/aromatic N) is 3. The van der Waals surface area contributed by atoms with Crippen LogP contribution < -0.4 is 10.6 Å². The van der Waals surface area contributed by atoms with Crippen LogP contribution in [0.25, 0.3) is 0 Å². The molecule has 0 saturated heterocycles. The first kappa shape index (κ1) is 22.9. The van der Waals surface area contributed by atoms with Gasteiger partial charge in [0.2, 0.25) is 0 Å². The van der Waals surface area contributed by atoms with Crippen molar-refractivity contribution >= 4 is 41.3 Å². The standard InChI is InChI=1S/C19H29N5S.HI/c1-5-24(6-2)17(16-10-8-7-9-11-16)13-22-19(20-4)23-14-18-21-12-15(3)25-18;/h7-12,17H,5-6,13-14H2,1-4H3,(H2,20,22,23);1H. The maximum atomic E-state index is 4.38. The third kappa shape index (κ3) is 6.85. The molecule has 1 heterocycles. The second kappa shape index (κ2) is 12.2. The van der Waals surface area contributed by atoms with E-state index in [2.05, 4.69) is 76.6 Å². The van der Waals surface area contributed by atoms with Crippen LogP contribution in [-0.4, -0.2) is 42.5 Å². The van der Waals surface area contributed by atoms with E-state index in [1.54, 1.807) is 18.4 Å². The van der Waals surface area contributed by atoms with Crippen molar-refractivity contribution in [2.75, 3.05) is 26.7 Å². The lowest BCUT2D eigenvalue weighted by molar-refractivity contribution is 0.219. The van der Waals surface area contributed by atoms with E-state index in [4.69, 9.17) is 0 Å². The fourth-order valence-corrected chi connectivity index (χ4v) is 3.58. The smallest absolute Gasteiger partial charge is 0.191 e. The number of hydrogen-bond donors (Lipinski definition) is 2. The van der Waals surface area contributed by atoms with Crippen molar-refractivity contribution in [1.82, 2.24) is 20.5 Å². The Bertz CT molecular complexity index is 655. The van der Waals surface area contributed by atoms with Crippen LogP contribution in [0.15, 0.2) is 41.5 Å². The topological polar surface area (TPSA) is 52.5 Å². The number of likely N-dealkylation sites (N-methyl/N-ethyl adjacent to an activating group) is 1. The van der Waals surface area contributed by atoms with Crippen molar-refractivity contribution in [1.29, 1.82) is 0 Å². The first-order valence-corrected chi connectivity index (χ1v) is 9.64. The molecule has 0 radical (unpaired) electrons. The van der Waals surface area contributed by atoms with Crippen molar-refractivity contribution in [3.05, 3.63) is 52.0 Å². The van der Waals surface area contributed by atoms with E-state index in [9.17, 15) is 0 Å². The minimum Gasteiger partial charge on any atom is -0.354 e. The third-order valence-electron chi connectivity index (χ3n) is 4.20. The highest BCUT2D eigenvalue weighted by Gasteiger charge is 2.18. The number of thiazole rings is 1. The number of aryl methyl sites for hydroxylation is 1. The number of nitrogens with one attached hydrogen (secondary N) is 2. The number of guanidine groups is 1. The second-order valence-electron chi connectivity index (χ2n) is 5.82. The summed E-state index contributed by atoms with van der Waals surface area (Å²) in [4.78, 5) is 12.4. The van der Waals surface area contributed by atoms with E-state index in [0.29, 0.717) is 12.6 Å². The average Bonchev–Trinajstić information content (AvgIpc) is 3.07. The minimum atomic E-state index is 0. The lowest BCUT2D eigenvalue weighted by Gasteiger charge is -2.30. The Hall–Kier alpha value is -1.19. The molecule has 0 aliphatic heterocycles. The van der Waals surface area contributed by atoms with Crippen LogP contribution in [0.3, 0.4) is 0 Å². The highest BCUT2D eigenvalue weighted by molar-refractivity contribution is 14.0. The summed E-state index contributed by atoms with van der Waals surface area (Å²) in [6, 6.07) is 11.0. The third-order valence-corrected chi connectivity index (χ3v) is 5.11. The van der Waals surface area contributed by atoms with Gasteiger partial charge in [-0.2, -0.15) is 0 Å². The first-order valence-electron chi connectivity index (χ1n) is 8.82. The van der Waals surface area contributed by atoms with Gasteiger partial charge in [-0.15, -0.1) is 35.3 Å². The van der Waals surface area contributed by atoms with E-state index in [0.717, 1.165) is 30.6 Å². The first-order chi connectivity index (χ1) is 12.2. The molecule has 0 amide bonds. The molecule has 144 valence electrons. The van der Waals surface area contributed by atoms with E-state index in [1.807, 2.05) is 6.20 Å². The van der Waals surface area contributed by atoms with E-state index in [1.165, 1.54) is 10.4 Å². The quantitative estimate of drug-likeness (QED) is 0.338. The fourth-order valence-electron chi connectivity index (χ4n) is 2.85. The number of benzene rings is 1. The second-order valence-corrected chi connectivity index (χ2v) is 7.14. The van der Waals surface area contributed by atoms with Crippen molar-refractivity contribution in [3.63, 3.8) is 0 Å². The molecule has 1 unspecified atom stereocenters. The Morgan fingerprint density at radius 1 is 1.19 bits per heavy atom. The zero-order valence-corrected chi connectivity index (χ0v) is 19.2. The highest BCUT2D eigenvalue weighted by atomic mass is 127. The van der Waals surface area contributed by atoms with Gasteiger partial charge in [0.25, 0.3) is 0 Å². The van der Waals surface area contributed by atoms with Gasteiger partial charge in [0.1, 0.15) is 5.01 Å². The Kier molecular flexibility index (Phi) is 10.8. The average molecular weight is 487 g/mol. The Balaban J connectivity index is 0.00000338. The molecule has 1 atom stereocenters. The Labute approximate surface area is 178 Å². The van der Waals surface area contributed by atoms with E-state index < -0.39 is 0 Å². The molecular formula is C19H30IN5S. The summed E-state index contributed by atoms with van der Waals surface area (Å²) < 4.78 is 0. The van der Waals surface area contributed by atoms with Crippen LogP contribution >= 0.6 is 35.3 Å². The predicted octanol–water partition coefficient (Wildman–Crippen LogP) is 3.82. The van der Waals surface area contributed by atoms with Crippen molar-refractivity contribution < 1.29 is 0 Å². The molecule has 0 aliphatic carbocycles. The van der Waals surface area contributed by atoms with Crippen molar-refractivity contribution in [2.45, 2.75) is 33.4 Å². The van der Waals surface area contributed by atoms with Gasteiger partial charge in [0.05, 0.1) is 12.6 Å². The van der Waals surface area contributed by atoms with Gasteiger partial charge in [0, 0.05) is 24.7 Å². The molecule has 1 aromatic carbocycles. The van der Waals surface area contributed by atoms with Gasteiger partial charge in [-0.05, 0) is 25.6 Å². The maximum absolute atomic E-state index is 4.38. The number of aliphatic imine (C=N–C) groups is 1. The van der Waals surface area contributed by atoms with Gasteiger partial charge in [-0.1, -0.05) is 44.2 Å². The van der Waals surface area contributed by atoms with Crippen molar-refractivity contribution in [3.8, 4) is 0 Å². The number of halogens is 1. The normalized spacial score (nSPS) is 12.6. The molecule has 2 rings (SSSR count). The molecule has 7 heteroatoms. The summed E-state index contributed by atoms with van der Waals surface area (Å²) >= 11 is 1.71. The molecule has 0 aliphatic rings. The van der Waals surface area contributed by atoms with Gasteiger partial charge < -0.3 is 10.6 Å². The summed E-state index contributed by atoms with van der Waals surface area (Å²) in [5, 5.41) is 7.89. The number of aromatic nitrogens is 1. The van der Waals surface area contributed by atoms with Crippen LogP contribution in [-0.2, 0) is 6.54 Å². The summed E-state index contributed by atoms with van der Waals surface area (Å²) in [5.74, 6) is 0.806. The van der Waals surface area contributed by atoms with Crippen LogP contribution in [0, 0.1) is 6.92 Å². The molecule has 0 spiro atoms. The molecular weight excluding hydrogens is 457 g/mol. The van der Waals surface area contributed by atoms with Gasteiger partial charge in [-0.25, -0.2) is 4.98 Å². The van der Waals surface area contributed by atoms with Crippen LogP contribution in [0.2, 0.25) is 0 Å². The van der Waals surface area contributed by atoms with E-state index in [-0.39, 0.29) is 24.0 Å². The van der Waals surface area contributed by atoms with Gasteiger partial charge in [-0.3, -0.25) is 9.89 Å². The summed E-state index contributed by atoms with van der Waals surface area (Å²) in [6.07, 6.45) is 1.91. The number of hydrogen-bond acceptors (Lipinski definition) is 4. The highest BCUT2D eigenvalue weighted by Crippen LogP contribution is 2.19. The SMILES string of the molecule is CCN(CC)C(CNC(=NC)NCc1ncc(C)s1)c1ccccc1.I. The van der Waals surface area contributed by atoms with Gasteiger partial charge in [0.15, 0.2) is 5.96 Å². The van der Waals surface area contributed by atoms with Crippen LogP contribution in [0.4, 0.5) is 0 Å². The maximum Gasteiger partial charge on any atom is 0.191 e. The molecule has 5 nitrogen and oxygen atoms in total. The summed E-state index contributed by atoms with van der Waals surface area (Å²) in [7, 11) is 1.80. The molecule has 0 fully saturated rings. The monoisotopic (exact) mass is 487 g/mol. The zero-order chi connectivity index (χ0) is 18.1. The minimum absolute atomic E-state index is 0. The summed E-state index contributed by atoms with van der Waals surface area (Å²) in [6.45, 7) is 10.0. The van der Waals surface area contributed by atoms with E-state index >= 15 is 0 Å². The molecule has 0 bridgehead atoms. The molecule has 0 saturated carbocycles. The summed E-state index contributed by atoms with van der Waals surface area (Å²) in [5.41, 5.74) is 1.32. The Morgan fingerprint density at radius 3 is 2.42 bits per heavy atom. The lowest BCUT2D eigenvalue weighted by atomic mass is 10.1. The molecule has 26 heavy (non-hydrogen) atoms. The lowest BCUT2D eigenvalue weighted by Crippen LogP contribution is -2.43.